The zero-order valence-corrected chi connectivity index (χ0v) is 18.5. The van der Waals surface area contributed by atoms with Crippen molar-refractivity contribution >= 4 is 11.8 Å². The molecule has 3 fully saturated rings. The van der Waals surface area contributed by atoms with Crippen molar-refractivity contribution in [2.45, 2.75) is 64.1 Å². The van der Waals surface area contributed by atoms with Crippen LogP contribution in [-0.4, -0.2) is 66.5 Å². The molecule has 1 N–H and O–H groups in total. The number of likely N-dealkylation sites (tertiary alicyclic amines) is 1. The lowest BCUT2D eigenvalue weighted by Crippen LogP contribution is -2.65. The minimum Gasteiger partial charge on any atom is -0.497 e. The monoisotopic (exact) mass is 413 g/mol. The Balaban J connectivity index is 1.55. The topological polar surface area (TPSA) is 61.9 Å². The summed E-state index contributed by atoms with van der Waals surface area (Å²) in [6.07, 6.45) is 5.98. The summed E-state index contributed by atoms with van der Waals surface area (Å²) in [5.41, 5.74) is 1.30. The minimum atomic E-state index is -0.458. The van der Waals surface area contributed by atoms with Crippen molar-refractivity contribution in [2.75, 3.05) is 26.7 Å². The Morgan fingerprint density at radius 3 is 2.80 bits per heavy atom. The van der Waals surface area contributed by atoms with E-state index in [1.54, 1.807) is 14.0 Å². The highest BCUT2D eigenvalue weighted by molar-refractivity contribution is 5.86. The Morgan fingerprint density at radius 1 is 1.23 bits per heavy atom. The van der Waals surface area contributed by atoms with Gasteiger partial charge in [-0.25, -0.2) is 0 Å². The normalized spacial score (nSPS) is 29.6. The molecule has 1 aromatic rings. The van der Waals surface area contributed by atoms with Crippen molar-refractivity contribution in [3.8, 4) is 5.75 Å². The number of amides is 2. The van der Waals surface area contributed by atoms with E-state index in [1.807, 2.05) is 11.0 Å². The molecule has 2 bridgehead atoms. The molecule has 6 nitrogen and oxygen atoms in total. The first-order valence-corrected chi connectivity index (χ1v) is 11.4. The molecule has 0 spiro atoms. The Bertz CT molecular complexity index is 783. The van der Waals surface area contributed by atoms with Crippen LogP contribution >= 0.6 is 0 Å². The quantitative estimate of drug-likeness (QED) is 0.806. The van der Waals surface area contributed by atoms with Crippen molar-refractivity contribution in [1.29, 1.82) is 0 Å². The fourth-order valence-corrected chi connectivity index (χ4v) is 6.05. The lowest BCUT2D eigenvalue weighted by molar-refractivity contribution is -0.144. The van der Waals surface area contributed by atoms with Gasteiger partial charge in [-0.15, -0.1) is 0 Å². The van der Waals surface area contributed by atoms with Crippen molar-refractivity contribution in [3.63, 3.8) is 0 Å². The van der Waals surface area contributed by atoms with E-state index in [4.69, 9.17) is 4.74 Å². The Morgan fingerprint density at radius 2 is 2.03 bits per heavy atom. The lowest BCUT2D eigenvalue weighted by atomic mass is 9.71. The largest absolute Gasteiger partial charge is 0.497 e. The van der Waals surface area contributed by atoms with Gasteiger partial charge in [0.25, 0.3) is 0 Å². The molecule has 0 unspecified atom stereocenters. The third-order valence-corrected chi connectivity index (χ3v) is 7.30. The summed E-state index contributed by atoms with van der Waals surface area (Å²) in [6.45, 7) is 6.06. The van der Waals surface area contributed by atoms with Crippen molar-refractivity contribution in [3.05, 3.63) is 29.8 Å². The van der Waals surface area contributed by atoms with Crippen LogP contribution in [0, 0.1) is 11.8 Å². The molecule has 3 saturated heterocycles. The summed E-state index contributed by atoms with van der Waals surface area (Å²) in [7, 11) is 1.71. The van der Waals surface area contributed by atoms with Gasteiger partial charge in [0.15, 0.2) is 0 Å². The van der Waals surface area contributed by atoms with E-state index in [9.17, 15) is 9.59 Å². The maximum atomic E-state index is 13.1. The molecule has 0 saturated carbocycles. The molecule has 4 rings (SSSR count). The third-order valence-electron chi connectivity index (χ3n) is 7.30. The number of carbonyl (C=O) groups excluding carboxylic acids is 2. The molecule has 6 heteroatoms. The van der Waals surface area contributed by atoms with Crippen LogP contribution in [0.5, 0.6) is 5.75 Å². The van der Waals surface area contributed by atoms with Gasteiger partial charge in [-0.05, 0) is 68.7 Å². The standard InChI is InChI=1S/C24H35N3O3/c1-16(25-17(2)28)24(29)26-14-19-13-20(15-26)23(27-10-5-4-9-22(19)27)12-18-7-6-8-21(11-18)30-3/h6-8,11,16,19-20,22-23H,4-5,9-10,12-15H2,1-3H3,(H,25,28)/t16-,19+,20-,22-,23-/m0/s1. The van der Waals surface area contributed by atoms with Crippen LogP contribution in [0.1, 0.15) is 45.1 Å². The van der Waals surface area contributed by atoms with E-state index < -0.39 is 6.04 Å². The van der Waals surface area contributed by atoms with E-state index >= 15 is 0 Å². The molecular formula is C24H35N3O3. The number of carbonyl (C=O) groups is 2. The molecule has 0 radical (unpaired) electrons. The number of piperidine rings is 3. The van der Waals surface area contributed by atoms with Gasteiger partial charge >= 0.3 is 0 Å². The van der Waals surface area contributed by atoms with E-state index in [2.05, 4.69) is 28.4 Å². The third kappa shape index (κ3) is 4.34. The zero-order chi connectivity index (χ0) is 21.3. The maximum Gasteiger partial charge on any atom is 0.244 e. The molecule has 3 heterocycles. The molecule has 0 aliphatic carbocycles. The molecule has 30 heavy (non-hydrogen) atoms. The Hall–Kier alpha value is -2.08. The maximum absolute atomic E-state index is 13.1. The van der Waals surface area contributed by atoms with Gasteiger partial charge in [-0.3, -0.25) is 14.5 Å². The van der Waals surface area contributed by atoms with Gasteiger partial charge in [-0.1, -0.05) is 18.6 Å². The lowest BCUT2D eigenvalue weighted by Gasteiger charge is -2.57. The van der Waals surface area contributed by atoms with Crippen molar-refractivity contribution in [2.24, 2.45) is 11.8 Å². The number of nitrogens with one attached hydrogen (secondary N) is 1. The van der Waals surface area contributed by atoms with E-state index in [0.29, 0.717) is 23.9 Å². The average Bonchev–Trinajstić information content (AvgIpc) is 2.75. The number of fused-ring (bicyclic) bond motifs is 4. The second-order valence-corrected chi connectivity index (χ2v) is 9.35. The Labute approximate surface area is 179 Å². The SMILES string of the molecule is COc1cccc(C[C@H]2[C@H]3C[C@H](CN(C(=O)[C@H](C)NC(C)=O)C3)[C@@H]3CCCCN32)c1. The summed E-state index contributed by atoms with van der Waals surface area (Å²) in [5, 5.41) is 2.77. The fraction of sp³-hybridized carbons (Fsp3) is 0.667. The van der Waals surface area contributed by atoms with Crippen LogP contribution in [0.2, 0.25) is 0 Å². The number of methoxy groups -OCH3 is 1. The fourth-order valence-electron chi connectivity index (χ4n) is 6.05. The summed E-state index contributed by atoms with van der Waals surface area (Å²) in [6, 6.07) is 8.96. The van der Waals surface area contributed by atoms with E-state index in [-0.39, 0.29) is 11.8 Å². The molecular weight excluding hydrogens is 378 g/mol. The van der Waals surface area contributed by atoms with Gasteiger partial charge in [-0.2, -0.15) is 0 Å². The highest BCUT2D eigenvalue weighted by Crippen LogP contribution is 2.42. The first kappa shape index (κ1) is 21.2. The van der Waals surface area contributed by atoms with Crippen LogP contribution in [0.4, 0.5) is 0 Å². The molecule has 3 aliphatic heterocycles. The molecule has 0 aromatic heterocycles. The van der Waals surface area contributed by atoms with Gasteiger partial charge in [0.05, 0.1) is 7.11 Å². The predicted octanol–water partition coefficient (Wildman–Crippen LogP) is 2.46. The van der Waals surface area contributed by atoms with Crippen molar-refractivity contribution < 1.29 is 14.3 Å². The first-order chi connectivity index (χ1) is 14.5. The summed E-state index contributed by atoms with van der Waals surface area (Å²) >= 11 is 0. The number of benzene rings is 1. The molecule has 2 amide bonds. The predicted molar refractivity (Wildman–Crippen MR) is 116 cm³/mol. The average molecular weight is 414 g/mol. The Kier molecular flexibility index (Phi) is 6.32. The van der Waals surface area contributed by atoms with Crippen LogP contribution in [0.3, 0.4) is 0 Å². The van der Waals surface area contributed by atoms with Crippen LogP contribution in [0.15, 0.2) is 24.3 Å². The number of nitrogens with zero attached hydrogens (tertiary/aromatic N) is 2. The molecule has 5 atom stereocenters. The summed E-state index contributed by atoms with van der Waals surface area (Å²) in [5.74, 6) is 1.82. The number of rotatable bonds is 5. The number of hydrogen-bond donors (Lipinski definition) is 1. The summed E-state index contributed by atoms with van der Waals surface area (Å²) < 4.78 is 5.44. The minimum absolute atomic E-state index is 0.0595. The smallest absolute Gasteiger partial charge is 0.244 e. The molecule has 164 valence electrons. The number of ether oxygens (including phenoxy) is 1. The van der Waals surface area contributed by atoms with E-state index in [0.717, 1.165) is 25.3 Å². The molecule has 1 aromatic carbocycles. The second kappa shape index (κ2) is 8.96. The van der Waals surface area contributed by atoms with Gasteiger partial charge < -0.3 is 15.0 Å². The highest BCUT2D eigenvalue weighted by Gasteiger charge is 2.48. The first-order valence-electron chi connectivity index (χ1n) is 11.4. The van der Waals surface area contributed by atoms with Gasteiger partial charge in [0.2, 0.25) is 11.8 Å². The van der Waals surface area contributed by atoms with E-state index in [1.165, 1.54) is 44.7 Å². The van der Waals surface area contributed by atoms with Crippen LogP contribution < -0.4 is 10.1 Å². The summed E-state index contributed by atoms with van der Waals surface area (Å²) in [4.78, 5) is 29.3. The van der Waals surface area contributed by atoms with Gasteiger partial charge in [0, 0.05) is 32.1 Å². The van der Waals surface area contributed by atoms with Crippen LogP contribution in [0.25, 0.3) is 0 Å². The van der Waals surface area contributed by atoms with Gasteiger partial charge in [0.1, 0.15) is 11.8 Å². The second-order valence-electron chi connectivity index (χ2n) is 9.35. The molecule has 3 aliphatic rings. The van der Waals surface area contributed by atoms with Crippen LogP contribution in [-0.2, 0) is 16.0 Å². The number of hydrogen-bond acceptors (Lipinski definition) is 4. The highest BCUT2D eigenvalue weighted by atomic mass is 16.5. The zero-order valence-electron chi connectivity index (χ0n) is 18.5. The van der Waals surface area contributed by atoms with Crippen molar-refractivity contribution in [1.82, 2.24) is 15.1 Å².